The average Bonchev–Trinajstić information content (AvgIpc) is 3.24. The number of Topliss-reactive ketones (excluding diaryl/α,β-unsaturated/α-hetero) is 1. The minimum absolute atomic E-state index is 0.0912. The van der Waals surface area contributed by atoms with Gasteiger partial charge in [-0.1, -0.05) is 25.1 Å². The van der Waals surface area contributed by atoms with Crippen molar-refractivity contribution < 1.29 is 18.7 Å². The summed E-state index contributed by atoms with van der Waals surface area (Å²) in [6.07, 6.45) is 5.68. The maximum atomic E-state index is 13.5. The van der Waals surface area contributed by atoms with Crippen LogP contribution < -0.4 is 10.1 Å². The van der Waals surface area contributed by atoms with Crippen LogP contribution in [0.3, 0.4) is 0 Å². The van der Waals surface area contributed by atoms with Crippen LogP contribution in [0, 0.1) is 11.7 Å². The molecule has 0 radical (unpaired) electrons. The number of nitrogens with one attached hydrogen (secondary N) is 1. The minimum atomic E-state index is -0.271. The quantitative estimate of drug-likeness (QED) is 0.461. The van der Waals surface area contributed by atoms with Gasteiger partial charge < -0.3 is 14.8 Å². The number of carbonyl (C=O) groups excluding carboxylic acids is 2. The van der Waals surface area contributed by atoms with Crippen LogP contribution in [0.4, 0.5) is 4.39 Å². The van der Waals surface area contributed by atoms with E-state index in [2.05, 4.69) is 24.4 Å². The lowest BCUT2D eigenvalue weighted by Crippen LogP contribution is -2.24. The molecule has 0 aliphatic heterocycles. The average molecular weight is 440 g/mol. The highest BCUT2D eigenvalue weighted by atomic mass is 19.1. The van der Waals surface area contributed by atoms with Crippen molar-refractivity contribution in [3.63, 3.8) is 0 Å². The van der Waals surface area contributed by atoms with E-state index >= 15 is 0 Å². The van der Waals surface area contributed by atoms with Gasteiger partial charge in [0, 0.05) is 24.6 Å². The minimum Gasteiger partial charge on any atom is -0.496 e. The Balaban J connectivity index is 1.52. The Morgan fingerprint density at radius 2 is 1.91 bits per heavy atom. The third-order valence-electron chi connectivity index (χ3n) is 6.59. The van der Waals surface area contributed by atoms with Gasteiger partial charge in [0.15, 0.2) is 0 Å². The van der Waals surface area contributed by atoms with Crippen LogP contribution in [-0.2, 0) is 4.79 Å². The summed E-state index contributed by atoms with van der Waals surface area (Å²) in [4.78, 5) is 23.3. The molecule has 32 heavy (non-hydrogen) atoms. The number of ketones is 1. The van der Waals surface area contributed by atoms with Crippen molar-refractivity contribution >= 4 is 11.7 Å². The fourth-order valence-corrected chi connectivity index (χ4v) is 4.86. The zero-order chi connectivity index (χ0) is 23.1. The lowest BCUT2D eigenvalue weighted by Gasteiger charge is -2.19. The molecule has 2 aromatic rings. The maximum Gasteiger partial charge on any atom is 0.251 e. The summed E-state index contributed by atoms with van der Waals surface area (Å²) in [6.45, 7) is 4.27. The predicted molar refractivity (Wildman–Crippen MR) is 125 cm³/mol. The highest BCUT2D eigenvalue weighted by molar-refractivity contribution is 5.94. The molecular weight excluding hydrogens is 405 g/mol. The van der Waals surface area contributed by atoms with Gasteiger partial charge in [0.25, 0.3) is 5.91 Å². The van der Waals surface area contributed by atoms with Gasteiger partial charge in [-0.05, 0) is 86.1 Å². The fraction of sp³-hybridized carbons (Fsp3) is 0.481. The van der Waals surface area contributed by atoms with E-state index in [0.717, 1.165) is 24.8 Å². The molecule has 1 N–H and O–H groups in total. The van der Waals surface area contributed by atoms with Crippen LogP contribution in [0.15, 0.2) is 42.5 Å². The van der Waals surface area contributed by atoms with E-state index in [-0.39, 0.29) is 17.5 Å². The Hall–Kier alpha value is -2.69. The van der Waals surface area contributed by atoms with E-state index in [4.69, 9.17) is 4.74 Å². The zero-order valence-corrected chi connectivity index (χ0v) is 19.3. The first-order valence-electron chi connectivity index (χ1n) is 11.6. The van der Waals surface area contributed by atoms with Crippen molar-refractivity contribution in [2.75, 3.05) is 13.7 Å². The van der Waals surface area contributed by atoms with Crippen molar-refractivity contribution in [1.29, 1.82) is 0 Å². The van der Waals surface area contributed by atoms with Gasteiger partial charge in [-0.2, -0.15) is 0 Å². The number of ether oxygens (including phenoxy) is 1. The number of methoxy groups -OCH3 is 1. The topological polar surface area (TPSA) is 55.4 Å². The second-order valence-corrected chi connectivity index (χ2v) is 9.08. The van der Waals surface area contributed by atoms with Crippen LogP contribution in [-0.4, -0.2) is 25.3 Å². The van der Waals surface area contributed by atoms with E-state index in [1.165, 1.54) is 24.1 Å². The third kappa shape index (κ3) is 6.41. The maximum absolute atomic E-state index is 13.5. The molecule has 1 unspecified atom stereocenters. The van der Waals surface area contributed by atoms with Crippen molar-refractivity contribution in [3.05, 3.63) is 65.0 Å². The molecule has 172 valence electrons. The molecule has 1 saturated carbocycles. The summed E-state index contributed by atoms with van der Waals surface area (Å²) in [5, 5.41) is 2.88. The smallest absolute Gasteiger partial charge is 0.251 e. The van der Waals surface area contributed by atoms with Crippen molar-refractivity contribution in [2.24, 2.45) is 5.92 Å². The summed E-state index contributed by atoms with van der Waals surface area (Å²) in [5.74, 6) is 1.85. The molecule has 3 rings (SSSR count). The van der Waals surface area contributed by atoms with Gasteiger partial charge in [0.2, 0.25) is 0 Å². The second-order valence-electron chi connectivity index (χ2n) is 9.08. The third-order valence-corrected chi connectivity index (χ3v) is 6.59. The predicted octanol–water partition coefficient (Wildman–Crippen LogP) is 6.01. The zero-order valence-electron chi connectivity index (χ0n) is 19.3. The molecule has 0 saturated heterocycles. The highest BCUT2D eigenvalue weighted by Gasteiger charge is 2.28. The molecule has 0 aromatic heterocycles. The van der Waals surface area contributed by atoms with Gasteiger partial charge in [-0.15, -0.1) is 0 Å². The summed E-state index contributed by atoms with van der Waals surface area (Å²) >= 11 is 0. The molecule has 1 aliphatic rings. The molecule has 3 atom stereocenters. The number of hydrogen-bond acceptors (Lipinski definition) is 3. The lowest BCUT2D eigenvalue weighted by atomic mass is 9.87. The van der Waals surface area contributed by atoms with E-state index < -0.39 is 0 Å². The van der Waals surface area contributed by atoms with E-state index in [0.29, 0.717) is 48.5 Å². The molecule has 2 aromatic carbocycles. The normalized spacial score (nSPS) is 18.9. The number of carbonyl (C=O) groups is 2. The molecule has 1 aliphatic carbocycles. The number of rotatable bonds is 10. The van der Waals surface area contributed by atoms with E-state index in [9.17, 15) is 14.0 Å². The Morgan fingerprint density at radius 3 is 2.59 bits per heavy atom. The monoisotopic (exact) mass is 439 g/mol. The first kappa shape index (κ1) is 24.0. The van der Waals surface area contributed by atoms with Crippen molar-refractivity contribution in [2.45, 2.75) is 64.2 Å². The summed E-state index contributed by atoms with van der Waals surface area (Å²) in [6, 6.07) is 12.8. The number of hydrogen-bond donors (Lipinski definition) is 1. The van der Waals surface area contributed by atoms with Crippen LogP contribution in [0.2, 0.25) is 0 Å². The highest BCUT2D eigenvalue weighted by Crippen LogP contribution is 2.43. The molecule has 0 spiro atoms. The first-order chi connectivity index (χ1) is 15.4. The van der Waals surface area contributed by atoms with Gasteiger partial charge >= 0.3 is 0 Å². The van der Waals surface area contributed by atoms with Gasteiger partial charge in [-0.25, -0.2) is 4.39 Å². The van der Waals surface area contributed by atoms with E-state index in [1.807, 2.05) is 18.2 Å². The van der Waals surface area contributed by atoms with E-state index in [1.54, 1.807) is 14.0 Å². The molecule has 0 heterocycles. The number of halogens is 1. The standard InChI is InChI=1S/C27H34FNO3/c1-18(25-13-12-24(28)17-26(25)32-3)15-20-6-7-23(16-20)21-8-10-22(11-9-21)27(31)29-14-4-5-19(2)30/h8-13,17-18,20,23H,4-7,14-16H2,1-3H3,(H,29,31)/t18-,20?,23-/m0/s1. The van der Waals surface area contributed by atoms with Crippen molar-refractivity contribution in [3.8, 4) is 5.75 Å². The summed E-state index contributed by atoms with van der Waals surface area (Å²) < 4.78 is 18.9. The largest absolute Gasteiger partial charge is 0.496 e. The molecule has 5 heteroatoms. The Kier molecular flexibility index (Phi) is 8.43. The van der Waals surface area contributed by atoms with Gasteiger partial charge in [0.1, 0.15) is 17.3 Å². The Labute approximate surface area is 190 Å². The van der Waals surface area contributed by atoms with Crippen molar-refractivity contribution in [1.82, 2.24) is 5.32 Å². The van der Waals surface area contributed by atoms with Crippen LogP contribution in [0.5, 0.6) is 5.75 Å². The molecule has 1 fully saturated rings. The molecule has 1 amide bonds. The lowest BCUT2D eigenvalue weighted by molar-refractivity contribution is -0.117. The number of amides is 1. The number of benzene rings is 2. The van der Waals surface area contributed by atoms with Crippen LogP contribution in [0.1, 0.15) is 85.7 Å². The summed E-state index contributed by atoms with van der Waals surface area (Å²) in [5.41, 5.74) is 3.01. The van der Waals surface area contributed by atoms with Crippen LogP contribution in [0.25, 0.3) is 0 Å². The van der Waals surface area contributed by atoms with Crippen LogP contribution >= 0.6 is 0 Å². The molecule has 0 bridgehead atoms. The second kappa shape index (κ2) is 11.3. The van der Waals surface area contributed by atoms with Gasteiger partial charge in [0.05, 0.1) is 7.11 Å². The first-order valence-corrected chi connectivity index (χ1v) is 11.6. The van der Waals surface area contributed by atoms with Gasteiger partial charge in [-0.3, -0.25) is 4.79 Å². The fourth-order valence-electron chi connectivity index (χ4n) is 4.86. The Bertz CT molecular complexity index is 925. The SMILES string of the molecule is COc1cc(F)ccc1[C@@H](C)CC1CC[C@H](c2ccc(C(=O)NCCCC(C)=O)cc2)C1. The Morgan fingerprint density at radius 1 is 1.16 bits per heavy atom. The molecule has 4 nitrogen and oxygen atoms in total. The summed E-state index contributed by atoms with van der Waals surface area (Å²) in [7, 11) is 1.59. The molecular formula is C27H34FNO3.